The second-order valence-corrected chi connectivity index (χ2v) is 3.64. The Kier molecular flexibility index (Phi) is 4.12. The van der Waals surface area contributed by atoms with E-state index < -0.39 is 12.1 Å². The molecule has 0 N–H and O–H groups in total. The molecule has 0 saturated heterocycles. The molecule has 1 unspecified atom stereocenters. The summed E-state index contributed by atoms with van der Waals surface area (Å²) in [5, 5.41) is 0. The molecule has 6 heteroatoms. The van der Waals surface area contributed by atoms with Crippen molar-refractivity contribution in [2.24, 2.45) is 5.92 Å². The van der Waals surface area contributed by atoms with Crippen LogP contribution in [0.1, 0.15) is 19.3 Å². The smallest absolute Gasteiger partial charge is 0.392 e. The van der Waals surface area contributed by atoms with Crippen LogP contribution in [0, 0.1) is 5.92 Å². The van der Waals surface area contributed by atoms with Gasteiger partial charge in [0.15, 0.2) is 0 Å². The Morgan fingerprint density at radius 3 is 2.64 bits per heavy atom. The average molecular weight is 228 g/mol. The van der Waals surface area contributed by atoms with Gasteiger partial charge in [-0.1, -0.05) is 0 Å². The van der Waals surface area contributed by atoms with E-state index in [-0.39, 0.29) is 12.8 Å². The average Bonchev–Trinajstić information content (AvgIpc) is 2.14. The lowest BCUT2D eigenvalue weighted by atomic mass is 9.93. The lowest BCUT2D eigenvalue weighted by Gasteiger charge is -2.23. The molecule has 0 fully saturated rings. The minimum Gasteiger partial charge on any atom is -0.405 e. The van der Waals surface area contributed by atoms with E-state index in [2.05, 4.69) is 4.18 Å². The monoisotopic (exact) mass is 228 g/mol. The number of allylic oxidation sites excluding steroid dienone is 2. The van der Waals surface area contributed by atoms with Crippen LogP contribution in [-0.4, -0.2) is 13.3 Å². The van der Waals surface area contributed by atoms with Gasteiger partial charge in [0.05, 0.1) is 13.0 Å². The number of hydrogen-bond donors (Lipinski definition) is 0. The summed E-state index contributed by atoms with van der Waals surface area (Å²) < 4.78 is 46.2. The van der Waals surface area contributed by atoms with Crippen molar-refractivity contribution in [1.82, 2.24) is 0 Å². The minimum atomic E-state index is -4.09. The maximum Gasteiger partial charge on any atom is 0.392 e. The Bertz CT molecular complexity index is 215. The number of hydrogen-bond acceptors (Lipinski definition) is 3. The van der Waals surface area contributed by atoms with Crippen LogP contribution < -0.4 is 0 Å². The third kappa shape index (κ3) is 3.42. The fraction of sp³-hybridized carbons (Fsp3) is 0.750. The largest absolute Gasteiger partial charge is 0.405 e. The Morgan fingerprint density at radius 1 is 1.50 bits per heavy atom. The van der Waals surface area contributed by atoms with E-state index >= 15 is 0 Å². The summed E-state index contributed by atoms with van der Waals surface area (Å²) in [7, 11) is 1.44. The van der Waals surface area contributed by atoms with E-state index in [9.17, 15) is 13.2 Å². The topological polar surface area (TPSA) is 18.5 Å². The van der Waals surface area contributed by atoms with Gasteiger partial charge in [0.1, 0.15) is 5.76 Å². The van der Waals surface area contributed by atoms with E-state index in [1.807, 2.05) is 0 Å². The number of alkyl halides is 3. The number of halogens is 3. The second-order valence-electron chi connectivity index (χ2n) is 3.00. The van der Waals surface area contributed by atoms with Crippen molar-refractivity contribution in [1.29, 1.82) is 0 Å². The van der Waals surface area contributed by atoms with Crippen LogP contribution in [0.3, 0.4) is 0 Å². The van der Waals surface area contributed by atoms with Crippen molar-refractivity contribution in [3.05, 3.63) is 11.8 Å². The van der Waals surface area contributed by atoms with E-state index in [0.29, 0.717) is 12.2 Å². The summed E-state index contributed by atoms with van der Waals surface area (Å²) in [6.07, 6.45) is -2.19. The molecule has 0 aromatic carbocycles. The first-order valence-corrected chi connectivity index (χ1v) is 4.83. The third-order valence-corrected chi connectivity index (χ3v) is 2.46. The van der Waals surface area contributed by atoms with E-state index in [4.69, 9.17) is 4.18 Å². The molecule has 0 saturated carbocycles. The highest BCUT2D eigenvalue weighted by molar-refractivity contribution is 7.89. The Labute approximate surface area is 84.9 Å². The van der Waals surface area contributed by atoms with E-state index in [0.717, 1.165) is 12.3 Å². The van der Waals surface area contributed by atoms with Crippen molar-refractivity contribution < 1.29 is 21.5 Å². The Balaban J connectivity index is 2.39. The van der Waals surface area contributed by atoms with Crippen LogP contribution in [-0.2, 0) is 8.37 Å². The highest BCUT2D eigenvalue weighted by Crippen LogP contribution is 2.37. The molecule has 1 atom stereocenters. The fourth-order valence-corrected chi connectivity index (χ4v) is 1.57. The van der Waals surface area contributed by atoms with Crippen LogP contribution in [0.4, 0.5) is 13.2 Å². The molecule has 82 valence electrons. The minimum absolute atomic E-state index is 0.00308. The van der Waals surface area contributed by atoms with Gasteiger partial charge in [-0.25, -0.2) is 0 Å². The molecule has 14 heavy (non-hydrogen) atoms. The van der Waals surface area contributed by atoms with Gasteiger partial charge >= 0.3 is 6.18 Å². The molecule has 0 aromatic heterocycles. The van der Waals surface area contributed by atoms with Gasteiger partial charge in [-0.3, -0.25) is 4.18 Å². The summed E-state index contributed by atoms with van der Waals surface area (Å²) in [4.78, 5) is 0. The normalized spacial score (nSPS) is 23.1. The first-order chi connectivity index (χ1) is 6.54. The highest BCUT2D eigenvalue weighted by Gasteiger charge is 2.39. The Hall–Kier alpha value is -0.360. The fourth-order valence-electron chi connectivity index (χ4n) is 1.26. The van der Waals surface area contributed by atoms with Crippen molar-refractivity contribution >= 4 is 12.3 Å². The summed E-state index contributed by atoms with van der Waals surface area (Å²) >= 11 is 0.774. The second kappa shape index (κ2) is 4.93. The predicted molar refractivity (Wildman–Crippen MR) is 47.2 cm³/mol. The van der Waals surface area contributed by atoms with E-state index in [1.165, 1.54) is 13.2 Å². The zero-order chi connectivity index (χ0) is 10.6. The molecule has 0 amide bonds. The molecule has 1 aliphatic carbocycles. The highest BCUT2D eigenvalue weighted by atomic mass is 32.2. The van der Waals surface area contributed by atoms with Gasteiger partial charge < -0.3 is 4.18 Å². The zero-order valence-electron chi connectivity index (χ0n) is 7.63. The molecule has 0 aliphatic heterocycles. The van der Waals surface area contributed by atoms with Gasteiger partial charge in [0, 0.05) is 6.42 Å². The van der Waals surface area contributed by atoms with Crippen molar-refractivity contribution in [2.75, 3.05) is 7.11 Å². The van der Waals surface area contributed by atoms with Crippen LogP contribution in [0.15, 0.2) is 11.8 Å². The number of rotatable bonds is 3. The Morgan fingerprint density at radius 2 is 2.21 bits per heavy atom. The van der Waals surface area contributed by atoms with Crippen LogP contribution in [0.2, 0.25) is 0 Å². The molecule has 0 heterocycles. The molecule has 0 bridgehead atoms. The summed E-state index contributed by atoms with van der Waals surface area (Å²) in [5.41, 5.74) is 0. The molecule has 0 aromatic rings. The molecular weight excluding hydrogens is 217 g/mol. The zero-order valence-corrected chi connectivity index (χ0v) is 8.45. The van der Waals surface area contributed by atoms with E-state index in [1.54, 1.807) is 0 Å². The summed E-state index contributed by atoms with van der Waals surface area (Å²) in [5.74, 6) is -0.653. The molecular formula is C8H11F3O2S. The van der Waals surface area contributed by atoms with Crippen LogP contribution in [0.5, 0.6) is 0 Å². The molecule has 0 spiro atoms. The predicted octanol–water partition coefficient (Wildman–Crippen LogP) is 3.46. The maximum atomic E-state index is 12.2. The van der Waals surface area contributed by atoms with Gasteiger partial charge in [-0.2, -0.15) is 13.2 Å². The van der Waals surface area contributed by atoms with Crippen LogP contribution >= 0.6 is 12.3 Å². The van der Waals surface area contributed by atoms with Crippen LogP contribution in [0.25, 0.3) is 0 Å². The van der Waals surface area contributed by atoms with Gasteiger partial charge in [0.25, 0.3) is 0 Å². The standard InChI is InChI=1S/C8H11F3O2S/c1-12-14-13-7-4-2-6(3-5-7)8(9,10)11/h4,6H,2-3,5H2,1H3. The first-order valence-electron chi connectivity index (χ1n) is 4.17. The van der Waals surface area contributed by atoms with Gasteiger partial charge in [0.2, 0.25) is 12.3 Å². The molecule has 0 radical (unpaired) electrons. The lowest BCUT2D eigenvalue weighted by Crippen LogP contribution is -2.24. The van der Waals surface area contributed by atoms with Crippen molar-refractivity contribution in [3.8, 4) is 0 Å². The molecule has 1 rings (SSSR count). The quantitative estimate of drug-likeness (QED) is 0.689. The molecule has 1 aliphatic rings. The van der Waals surface area contributed by atoms with Gasteiger partial charge in [-0.05, 0) is 18.9 Å². The lowest BCUT2D eigenvalue weighted by molar-refractivity contribution is -0.176. The summed E-state index contributed by atoms with van der Waals surface area (Å²) in [6.45, 7) is 0. The SMILES string of the molecule is COSOC1=CCC(C(F)(F)F)CC1. The van der Waals surface area contributed by atoms with Gasteiger partial charge in [-0.15, -0.1) is 0 Å². The maximum absolute atomic E-state index is 12.2. The first kappa shape index (κ1) is 11.7. The molecule has 2 nitrogen and oxygen atoms in total. The van der Waals surface area contributed by atoms with Crippen molar-refractivity contribution in [3.63, 3.8) is 0 Å². The third-order valence-electron chi connectivity index (χ3n) is 2.04. The summed E-state index contributed by atoms with van der Waals surface area (Å²) in [6, 6.07) is 0. The van der Waals surface area contributed by atoms with Crippen molar-refractivity contribution in [2.45, 2.75) is 25.4 Å².